The molecule has 0 saturated heterocycles. The van der Waals surface area contributed by atoms with Crippen LogP contribution in [0.3, 0.4) is 0 Å². The third-order valence-electron chi connectivity index (χ3n) is 4.32. The largest absolute Gasteiger partial charge is 0.395 e. The lowest BCUT2D eigenvalue weighted by Gasteiger charge is -2.25. The molecule has 1 aliphatic rings. The first-order valence-electron chi connectivity index (χ1n) is 7.83. The Morgan fingerprint density at radius 2 is 2.05 bits per heavy atom. The Morgan fingerprint density at radius 3 is 2.67 bits per heavy atom. The fraction of sp³-hybridized carbons (Fsp3) is 0.588. The molecule has 2 atom stereocenters. The van der Waals surface area contributed by atoms with Gasteiger partial charge in [0.15, 0.2) is 0 Å². The van der Waals surface area contributed by atoms with E-state index in [1.165, 1.54) is 6.42 Å². The molecule has 0 aromatic heterocycles. The molecule has 2 unspecified atom stereocenters. The maximum absolute atomic E-state index is 12.3. The molecule has 21 heavy (non-hydrogen) atoms. The number of amides is 1. The zero-order valence-corrected chi connectivity index (χ0v) is 13.0. The Balaban J connectivity index is 1.92. The Kier molecular flexibility index (Phi) is 5.62. The van der Waals surface area contributed by atoms with E-state index < -0.39 is 0 Å². The van der Waals surface area contributed by atoms with Gasteiger partial charge in [0, 0.05) is 30.9 Å². The average molecular weight is 290 g/mol. The smallest absolute Gasteiger partial charge is 0.227 e. The van der Waals surface area contributed by atoms with Gasteiger partial charge in [0.05, 0.1) is 6.61 Å². The number of nitrogens with zero attached hydrogens (tertiary/aromatic N) is 1. The van der Waals surface area contributed by atoms with Crippen LogP contribution in [0.5, 0.6) is 0 Å². The number of benzene rings is 1. The van der Waals surface area contributed by atoms with Crippen LogP contribution in [0.4, 0.5) is 11.4 Å². The van der Waals surface area contributed by atoms with Crippen LogP contribution in [0.2, 0.25) is 0 Å². The SMILES string of the molecule is CC1CCCC(C(=O)Nc2ccc(N(C)CCO)cc2)C1. The molecule has 2 rings (SSSR count). The summed E-state index contributed by atoms with van der Waals surface area (Å²) in [5.74, 6) is 0.965. The minimum atomic E-state index is 0.134. The Labute approximate surface area is 127 Å². The van der Waals surface area contributed by atoms with Gasteiger partial charge >= 0.3 is 0 Å². The lowest BCUT2D eigenvalue weighted by Crippen LogP contribution is -2.27. The van der Waals surface area contributed by atoms with Crippen molar-refractivity contribution in [2.75, 3.05) is 30.4 Å². The highest BCUT2D eigenvalue weighted by Gasteiger charge is 2.24. The summed E-state index contributed by atoms with van der Waals surface area (Å²) in [5.41, 5.74) is 1.88. The van der Waals surface area contributed by atoms with Crippen LogP contribution in [0.25, 0.3) is 0 Å². The number of anilines is 2. The van der Waals surface area contributed by atoms with Crippen LogP contribution in [-0.2, 0) is 4.79 Å². The predicted octanol–water partition coefficient (Wildman–Crippen LogP) is 2.88. The van der Waals surface area contributed by atoms with E-state index in [0.29, 0.717) is 12.5 Å². The van der Waals surface area contributed by atoms with Crippen molar-refractivity contribution >= 4 is 17.3 Å². The van der Waals surface area contributed by atoms with Crippen LogP contribution < -0.4 is 10.2 Å². The second-order valence-corrected chi connectivity index (χ2v) is 6.15. The monoisotopic (exact) mass is 290 g/mol. The van der Waals surface area contributed by atoms with E-state index in [4.69, 9.17) is 5.11 Å². The van der Waals surface area contributed by atoms with E-state index in [1.807, 2.05) is 36.2 Å². The van der Waals surface area contributed by atoms with E-state index in [0.717, 1.165) is 30.6 Å². The second-order valence-electron chi connectivity index (χ2n) is 6.15. The maximum Gasteiger partial charge on any atom is 0.227 e. The summed E-state index contributed by atoms with van der Waals surface area (Å²) in [7, 11) is 1.94. The minimum Gasteiger partial charge on any atom is -0.395 e. The third-order valence-corrected chi connectivity index (χ3v) is 4.32. The number of aliphatic hydroxyl groups excluding tert-OH is 1. The van der Waals surface area contributed by atoms with Gasteiger partial charge in [-0.15, -0.1) is 0 Å². The molecule has 0 spiro atoms. The summed E-state index contributed by atoms with van der Waals surface area (Å²) < 4.78 is 0. The molecule has 1 aromatic carbocycles. The molecular formula is C17H26N2O2. The van der Waals surface area contributed by atoms with Gasteiger partial charge in [0.1, 0.15) is 0 Å². The third kappa shape index (κ3) is 4.46. The van der Waals surface area contributed by atoms with Crippen molar-refractivity contribution in [3.63, 3.8) is 0 Å². The highest BCUT2D eigenvalue weighted by molar-refractivity contribution is 5.92. The van der Waals surface area contributed by atoms with Crippen molar-refractivity contribution in [3.8, 4) is 0 Å². The molecule has 1 fully saturated rings. The highest BCUT2D eigenvalue weighted by atomic mass is 16.3. The topological polar surface area (TPSA) is 52.6 Å². The fourth-order valence-electron chi connectivity index (χ4n) is 2.99. The molecule has 1 aliphatic carbocycles. The van der Waals surface area contributed by atoms with Crippen LogP contribution in [0, 0.1) is 11.8 Å². The summed E-state index contributed by atoms with van der Waals surface area (Å²) in [5, 5.41) is 12.0. The zero-order chi connectivity index (χ0) is 15.2. The number of carbonyl (C=O) groups is 1. The van der Waals surface area contributed by atoms with E-state index in [1.54, 1.807) is 0 Å². The lowest BCUT2D eigenvalue weighted by molar-refractivity contribution is -0.121. The molecule has 0 aliphatic heterocycles. The first kappa shape index (κ1) is 15.8. The summed E-state index contributed by atoms with van der Waals surface area (Å²) >= 11 is 0. The first-order valence-corrected chi connectivity index (χ1v) is 7.83. The lowest BCUT2D eigenvalue weighted by atomic mass is 9.82. The molecule has 1 saturated carbocycles. The number of hydrogen-bond acceptors (Lipinski definition) is 3. The number of rotatable bonds is 5. The number of aliphatic hydroxyl groups is 1. The summed E-state index contributed by atoms with van der Waals surface area (Å²) in [4.78, 5) is 14.3. The van der Waals surface area contributed by atoms with E-state index in [-0.39, 0.29) is 18.4 Å². The molecule has 0 bridgehead atoms. The van der Waals surface area contributed by atoms with Gasteiger partial charge < -0.3 is 15.3 Å². The van der Waals surface area contributed by atoms with Gasteiger partial charge in [-0.05, 0) is 43.0 Å². The minimum absolute atomic E-state index is 0.134. The molecule has 0 radical (unpaired) electrons. The molecule has 116 valence electrons. The van der Waals surface area contributed by atoms with E-state index >= 15 is 0 Å². The fourth-order valence-corrected chi connectivity index (χ4v) is 2.99. The van der Waals surface area contributed by atoms with Crippen molar-refractivity contribution in [1.29, 1.82) is 0 Å². The molecule has 1 amide bonds. The molecule has 4 nitrogen and oxygen atoms in total. The van der Waals surface area contributed by atoms with Crippen LogP contribution >= 0.6 is 0 Å². The summed E-state index contributed by atoms with van der Waals surface area (Å²) in [6.07, 6.45) is 4.41. The van der Waals surface area contributed by atoms with Crippen LogP contribution in [-0.4, -0.2) is 31.2 Å². The quantitative estimate of drug-likeness (QED) is 0.876. The van der Waals surface area contributed by atoms with E-state index in [2.05, 4.69) is 12.2 Å². The normalized spacial score (nSPS) is 21.9. The average Bonchev–Trinajstić information content (AvgIpc) is 2.48. The zero-order valence-electron chi connectivity index (χ0n) is 13.0. The number of nitrogens with one attached hydrogen (secondary N) is 1. The van der Waals surface area contributed by atoms with Crippen molar-refractivity contribution in [3.05, 3.63) is 24.3 Å². The number of carbonyl (C=O) groups excluding carboxylic acids is 1. The summed E-state index contributed by atoms with van der Waals surface area (Å²) in [6, 6.07) is 7.78. The van der Waals surface area contributed by atoms with Crippen molar-refractivity contribution in [2.24, 2.45) is 11.8 Å². The van der Waals surface area contributed by atoms with Gasteiger partial charge in [0.25, 0.3) is 0 Å². The first-order chi connectivity index (χ1) is 10.1. The second kappa shape index (κ2) is 7.46. The van der Waals surface area contributed by atoms with Gasteiger partial charge in [0.2, 0.25) is 5.91 Å². The van der Waals surface area contributed by atoms with Crippen LogP contribution in [0.15, 0.2) is 24.3 Å². The molecule has 1 aromatic rings. The van der Waals surface area contributed by atoms with Gasteiger partial charge in [-0.1, -0.05) is 19.8 Å². The molecular weight excluding hydrogens is 264 g/mol. The van der Waals surface area contributed by atoms with Gasteiger partial charge in [-0.3, -0.25) is 4.79 Å². The summed E-state index contributed by atoms with van der Waals surface area (Å²) in [6.45, 7) is 2.96. The Bertz CT molecular complexity index is 458. The number of hydrogen-bond donors (Lipinski definition) is 2. The molecule has 4 heteroatoms. The van der Waals surface area contributed by atoms with Crippen molar-refractivity contribution in [1.82, 2.24) is 0 Å². The van der Waals surface area contributed by atoms with Crippen molar-refractivity contribution in [2.45, 2.75) is 32.6 Å². The van der Waals surface area contributed by atoms with Gasteiger partial charge in [-0.25, -0.2) is 0 Å². The highest BCUT2D eigenvalue weighted by Crippen LogP contribution is 2.29. The van der Waals surface area contributed by atoms with E-state index in [9.17, 15) is 4.79 Å². The molecule has 2 N–H and O–H groups in total. The Morgan fingerprint density at radius 1 is 1.33 bits per heavy atom. The Hall–Kier alpha value is -1.55. The standard InChI is InChI=1S/C17H26N2O2/c1-13-4-3-5-14(12-13)17(21)18-15-6-8-16(9-7-15)19(2)10-11-20/h6-9,13-14,20H,3-5,10-12H2,1-2H3,(H,18,21). The predicted molar refractivity (Wildman–Crippen MR) is 86.5 cm³/mol. The van der Waals surface area contributed by atoms with Crippen LogP contribution in [0.1, 0.15) is 32.6 Å². The van der Waals surface area contributed by atoms with Crippen molar-refractivity contribution < 1.29 is 9.90 Å². The number of likely N-dealkylation sites (N-methyl/N-ethyl adjacent to an activating group) is 1. The molecule has 0 heterocycles. The van der Waals surface area contributed by atoms with Gasteiger partial charge in [-0.2, -0.15) is 0 Å². The maximum atomic E-state index is 12.3.